The van der Waals surface area contributed by atoms with E-state index in [1.807, 2.05) is 12.4 Å². The average Bonchev–Trinajstić information content (AvgIpc) is 2.51. The predicted octanol–water partition coefficient (Wildman–Crippen LogP) is 0.459. The monoisotopic (exact) mass is 213 g/mol. The van der Waals surface area contributed by atoms with Crippen LogP contribution in [0.25, 0.3) is 0 Å². The molecule has 0 aliphatic rings. The van der Waals surface area contributed by atoms with Gasteiger partial charge >= 0.3 is 0 Å². The third kappa shape index (κ3) is 3.85. The van der Waals surface area contributed by atoms with Gasteiger partial charge in [0.2, 0.25) is 5.91 Å². The summed E-state index contributed by atoms with van der Waals surface area (Å²) in [5.74, 6) is -0.258. The summed E-state index contributed by atoms with van der Waals surface area (Å²) in [5, 5.41) is 3.16. The van der Waals surface area contributed by atoms with Crippen LogP contribution >= 0.6 is 11.3 Å². The molecule has 0 saturated carbocycles. The van der Waals surface area contributed by atoms with E-state index < -0.39 is 0 Å². The lowest BCUT2D eigenvalue weighted by Gasteiger charge is -2.01. The van der Waals surface area contributed by atoms with E-state index in [4.69, 9.17) is 5.73 Å². The van der Waals surface area contributed by atoms with E-state index in [0.29, 0.717) is 13.0 Å². The number of nitrogens with zero attached hydrogens (tertiary/aromatic N) is 1. The summed E-state index contributed by atoms with van der Waals surface area (Å²) >= 11 is 1.67. The predicted molar refractivity (Wildman–Crippen MR) is 57.2 cm³/mol. The molecular formula is C9H15N3OS. The fourth-order valence-electron chi connectivity index (χ4n) is 1.10. The van der Waals surface area contributed by atoms with Crippen molar-refractivity contribution in [2.45, 2.75) is 19.8 Å². The maximum atomic E-state index is 10.4. The van der Waals surface area contributed by atoms with Gasteiger partial charge in [-0.3, -0.25) is 4.79 Å². The van der Waals surface area contributed by atoms with Crippen LogP contribution in [-0.4, -0.2) is 24.0 Å². The lowest BCUT2D eigenvalue weighted by atomic mass is 10.3. The molecule has 0 bridgehead atoms. The second-order valence-corrected chi connectivity index (χ2v) is 4.02. The number of aryl methyl sites for hydroxylation is 1. The summed E-state index contributed by atoms with van der Waals surface area (Å²) < 4.78 is 0. The van der Waals surface area contributed by atoms with Gasteiger partial charge in [0.1, 0.15) is 0 Å². The zero-order chi connectivity index (χ0) is 10.4. The molecule has 0 aliphatic heterocycles. The molecule has 1 heterocycles. The highest BCUT2D eigenvalue weighted by Gasteiger charge is 2.00. The number of primary amides is 1. The molecule has 0 unspecified atom stereocenters. The first kappa shape index (κ1) is 11.1. The quantitative estimate of drug-likeness (QED) is 0.675. The molecule has 78 valence electrons. The fraction of sp³-hybridized carbons (Fsp3) is 0.556. The Labute approximate surface area is 87.5 Å². The minimum Gasteiger partial charge on any atom is -0.370 e. The van der Waals surface area contributed by atoms with Gasteiger partial charge in [-0.15, -0.1) is 11.3 Å². The van der Waals surface area contributed by atoms with Crippen LogP contribution in [0.2, 0.25) is 0 Å². The Morgan fingerprint density at radius 3 is 3.00 bits per heavy atom. The van der Waals surface area contributed by atoms with E-state index >= 15 is 0 Å². The van der Waals surface area contributed by atoms with Crippen LogP contribution in [0, 0.1) is 6.92 Å². The first-order chi connectivity index (χ1) is 6.70. The minimum atomic E-state index is -0.258. The molecule has 14 heavy (non-hydrogen) atoms. The van der Waals surface area contributed by atoms with Crippen LogP contribution in [0.4, 0.5) is 0 Å². The summed E-state index contributed by atoms with van der Waals surface area (Å²) in [6, 6.07) is 0. The van der Waals surface area contributed by atoms with Gasteiger partial charge in [0.05, 0.1) is 11.2 Å². The molecule has 0 aromatic carbocycles. The highest BCUT2D eigenvalue weighted by atomic mass is 32.1. The molecule has 1 aromatic rings. The normalized spacial score (nSPS) is 10.4. The molecule has 0 atom stereocenters. The molecule has 0 radical (unpaired) electrons. The van der Waals surface area contributed by atoms with Gasteiger partial charge in [-0.25, -0.2) is 4.98 Å². The maximum Gasteiger partial charge on any atom is 0.218 e. The average molecular weight is 213 g/mol. The molecule has 0 saturated heterocycles. The summed E-state index contributed by atoms with van der Waals surface area (Å²) in [6.45, 7) is 3.54. The molecule has 3 N–H and O–H groups in total. The number of hydrogen-bond donors (Lipinski definition) is 2. The van der Waals surface area contributed by atoms with E-state index in [0.717, 1.165) is 18.7 Å². The molecular weight excluding hydrogens is 198 g/mol. The highest BCUT2D eigenvalue weighted by Crippen LogP contribution is 2.11. The van der Waals surface area contributed by atoms with Crippen LogP contribution in [0.15, 0.2) is 5.51 Å². The van der Waals surface area contributed by atoms with Crippen molar-refractivity contribution in [2.75, 3.05) is 13.1 Å². The Balaban J connectivity index is 2.10. The lowest BCUT2D eigenvalue weighted by molar-refractivity contribution is -0.117. The summed E-state index contributed by atoms with van der Waals surface area (Å²) in [6.07, 6.45) is 1.37. The van der Waals surface area contributed by atoms with Gasteiger partial charge in [-0.2, -0.15) is 0 Å². The first-order valence-electron chi connectivity index (χ1n) is 4.58. The third-order valence-electron chi connectivity index (χ3n) is 1.92. The largest absolute Gasteiger partial charge is 0.370 e. The van der Waals surface area contributed by atoms with Crippen molar-refractivity contribution in [3.63, 3.8) is 0 Å². The van der Waals surface area contributed by atoms with Gasteiger partial charge in [-0.1, -0.05) is 0 Å². The highest BCUT2D eigenvalue weighted by molar-refractivity contribution is 7.09. The van der Waals surface area contributed by atoms with Crippen LogP contribution in [-0.2, 0) is 11.2 Å². The summed E-state index contributed by atoms with van der Waals surface area (Å²) in [5.41, 5.74) is 7.97. The molecule has 1 rings (SSSR count). The van der Waals surface area contributed by atoms with Crippen molar-refractivity contribution in [1.29, 1.82) is 0 Å². The molecule has 0 fully saturated rings. The Morgan fingerprint density at radius 1 is 1.64 bits per heavy atom. The first-order valence-corrected chi connectivity index (χ1v) is 5.46. The van der Waals surface area contributed by atoms with Crippen molar-refractivity contribution in [3.8, 4) is 0 Å². The van der Waals surface area contributed by atoms with Crippen molar-refractivity contribution >= 4 is 17.2 Å². The number of amides is 1. The number of carbonyl (C=O) groups excluding carboxylic acids is 1. The van der Waals surface area contributed by atoms with Crippen molar-refractivity contribution in [2.24, 2.45) is 5.73 Å². The number of rotatable bonds is 6. The smallest absolute Gasteiger partial charge is 0.218 e. The number of thiazole rings is 1. The SMILES string of the molecule is Cc1ncsc1CCNCCC(N)=O. The van der Waals surface area contributed by atoms with E-state index in [9.17, 15) is 4.79 Å². The molecule has 0 aliphatic carbocycles. The van der Waals surface area contributed by atoms with E-state index in [1.54, 1.807) is 11.3 Å². The lowest BCUT2D eigenvalue weighted by Crippen LogP contribution is -2.23. The second-order valence-electron chi connectivity index (χ2n) is 3.08. The van der Waals surface area contributed by atoms with Crippen molar-refractivity contribution in [3.05, 3.63) is 16.1 Å². The number of nitrogens with two attached hydrogens (primary N) is 1. The second kappa shape index (κ2) is 5.72. The Morgan fingerprint density at radius 2 is 2.43 bits per heavy atom. The van der Waals surface area contributed by atoms with Crippen molar-refractivity contribution < 1.29 is 4.79 Å². The van der Waals surface area contributed by atoms with Gasteiger partial charge in [0.25, 0.3) is 0 Å². The third-order valence-corrected chi connectivity index (χ3v) is 2.92. The molecule has 4 nitrogen and oxygen atoms in total. The van der Waals surface area contributed by atoms with Crippen LogP contribution in [0.1, 0.15) is 17.0 Å². The van der Waals surface area contributed by atoms with E-state index in [-0.39, 0.29) is 5.91 Å². The molecule has 5 heteroatoms. The minimum absolute atomic E-state index is 0.258. The summed E-state index contributed by atoms with van der Waals surface area (Å²) in [7, 11) is 0. The number of carbonyl (C=O) groups is 1. The molecule has 1 amide bonds. The Bertz CT molecular complexity index is 298. The maximum absolute atomic E-state index is 10.4. The topological polar surface area (TPSA) is 68.0 Å². The number of nitrogens with one attached hydrogen (secondary N) is 1. The van der Waals surface area contributed by atoms with Crippen LogP contribution in [0.3, 0.4) is 0 Å². The Hall–Kier alpha value is -0.940. The number of aromatic nitrogens is 1. The standard InChI is InChI=1S/C9H15N3OS/c1-7-8(14-6-12-7)2-4-11-5-3-9(10)13/h6,11H,2-5H2,1H3,(H2,10,13). The zero-order valence-corrected chi connectivity index (χ0v) is 9.06. The van der Waals surface area contributed by atoms with Gasteiger partial charge in [0, 0.05) is 24.4 Å². The van der Waals surface area contributed by atoms with Crippen LogP contribution < -0.4 is 11.1 Å². The fourth-order valence-corrected chi connectivity index (χ4v) is 1.89. The van der Waals surface area contributed by atoms with Gasteiger partial charge in [-0.05, 0) is 13.3 Å². The number of hydrogen-bond acceptors (Lipinski definition) is 4. The zero-order valence-electron chi connectivity index (χ0n) is 8.25. The van der Waals surface area contributed by atoms with Gasteiger partial charge in [0.15, 0.2) is 0 Å². The molecule has 1 aromatic heterocycles. The van der Waals surface area contributed by atoms with E-state index in [2.05, 4.69) is 10.3 Å². The van der Waals surface area contributed by atoms with Gasteiger partial charge < -0.3 is 11.1 Å². The molecule has 0 spiro atoms. The van der Waals surface area contributed by atoms with Crippen LogP contribution in [0.5, 0.6) is 0 Å². The summed E-state index contributed by atoms with van der Waals surface area (Å²) in [4.78, 5) is 15.9. The van der Waals surface area contributed by atoms with Crippen molar-refractivity contribution in [1.82, 2.24) is 10.3 Å². The van der Waals surface area contributed by atoms with E-state index in [1.165, 1.54) is 4.88 Å². The Kier molecular flexibility index (Phi) is 4.55.